The molecule has 2 aliphatic rings. The number of fused-ring (bicyclic) bond motifs is 9. The summed E-state index contributed by atoms with van der Waals surface area (Å²) in [4.78, 5) is 10.3. The highest BCUT2D eigenvalue weighted by Crippen LogP contribution is 2.63. The summed E-state index contributed by atoms with van der Waals surface area (Å²) in [5, 5.41) is 9.33. The van der Waals surface area contributed by atoms with E-state index in [1.54, 1.807) is 0 Å². The van der Waals surface area contributed by atoms with E-state index in [-0.39, 0.29) is 0 Å². The van der Waals surface area contributed by atoms with Crippen molar-refractivity contribution in [2.45, 2.75) is 5.41 Å². The number of hydrogen-bond donors (Lipinski definition) is 0. The van der Waals surface area contributed by atoms with Crippen LogP contribution >= 0.6 is 0 Å². The van der Waals surface area contributed by atoms with Gasteiger partial charge in [0.2, 0.25) is 0 Å². The summed E-state index contributed by atoms with van der Waals surface area (Å²) in [6.45, 7) is 0. The SMILES string of the molecule is N#Cc1ccc(-c2ccc(-c3cccc4c3-c3ccc(-c5cc(-c6ccccc6)nc(-c6ccccc6)n5)cc3C43c4ccccc4Oc4ccccc43)cc2)cc1. The van der Waals surface area contributed by atoms with Crippen molar-refractivity contribution in [3.8, 4) is 84.9 Å². The van der Waals surface area contributed by atoms with Crippen LogP contribution in [0.1, 0.15) is 27.8 Å². The molecule has 11 rings (SSSR count). The molecule has 270 valence electrons. The molecule has 2 heterocycles. The normalized spacial score (nSPS) is 12.7. The van der Waals surface area contributed by atoms with Gasteiger partial charge in [-0.1, -0.05) is 164 Å². The van der Waals surface area contributed by atoms with Gasteiger partial charge in [0.25, 0.3) is 0 Å². The molecular weight excluding hydrogens is 707 g/mol. The van der Waals surface area contributed by atoms with Gasteiger partial charge in [-0.05, 0) is 80.9 Å². The molecule has 1 aliphatic heterocycles. The van der Waals surface area contributed by atoms with Crippen molar-refractivity contribution in [1.29, 1.82) is 5.26 Å². The van der Waals surface area contributed by atoms with Gasteiger partial charge < -0.3 is 4.74 Å². The predicted octanol–water partition coefficient (Wildman–Crippen LogP) is 13.2. The minimum absolute atomic E-state index is 0.653. The number of ether oxygens (including phenoxy) is 1. The smallest absolute Gasteiger partial charge is 0.160 e. The van der Waals surface area contributed by atoms with Crippen molar-refractivity contribution in [3.63, 3.8) is 0 Å². The third-order valence-electron chi connectivity index (χ3n) is 11.6. The molecule has 0 radical (unpaired) electrons. The topological polar surface area (TPSA) is 58.8 Å². The van der Waals surface area contributed by atoms with Crippen molar-refractivity contribution < 1.29 is 4.74 Å². The summed E-state index contributed by atoms with van der Waals surface area (Å²) in [5.41, 5.74) is 16.2. The Balaban J connectivity index is 1.16. The molecule has 8 aromatic carbocycles. The zero-order valence-corrected chi connectivity index (χ0v) is 31.3. The summed E-state index contributed by atoms with van der Waals surface area (Å²) in [5.74, 6) is 2.38. The molecule has 0 N–H and O–H groups in total. The predicted molar refractivity (Wildman–Crippen MR) is 231 cm³/mol. The van der Waals surface area contributed by atoms with Gasteiger partial charge in [0, 0.05) is 27.8 Å². The van der Waals surface area contributed by atoms with Crippen LogP contribution in [0.2, 0.25) is 0 Å². The van der Waals surface area contributed by atoms with Crippen LogP contribution in [-0.2, 0) is 5.41 Å². The Hall–Kier alpha value is -7.87. The Morgan fingerprint density at radius 3 is 1.59 bits per heavy atom. The van der Waals surface area contributed by atoms with Crippen molar-refractivity contribution in [2.24, 2.45) is 0 Å². The van der Waals surface area contributed by atoms with E-state index in [0.29, 0.717) is 11.4 Å². The fourth-order valence-electron chi connectivity index (χ4n) is 8.99. The summed E-state index contributed by atoms with van der Waals surface area (Å²) in [7, 11) is 0. The van der Waals surface area contributed by atoms with Crippen molar-refractivity contribution >= 4 is 0 Å². The van der Waals surface area contributed by atoms with E-state index >= 15 is 0 Å². The molecule has 0 bridgehead atoms. The number of aromatic nitrogens is 2. The van der Waals surface area contributed by atoms with Gasteiger partial charge in [0.15, 0.2) is 5.82 Å². The van der Waals surface area contributed by atoms with Gasteiger partial charge in [-0.3, -0.25) is 0 Å². The second-order valence-corrected chi connectivity index (χ2v) is 14.8. The lowest BCUT2D eigenvalue weighted by Crippen LogP contribution is -2.32. The average molecular weight is 740 g/mol. The standard InChI is InChI=1S/C54H33N3O/c55-34-35-22-24-36(25-23-35)37-26-28-38(29-27-37)42-16-11-19-46-52(42)43-31-30-41(32-47(43)54(46)44-17-7-9-20-50(44)58-51-21-10-8-18-45(51)54)49-33-48(39-12-3-1-4-13-39)56-53(57-49)40-14-5-2-6-15-40/h1-33H. The highest BCUT2D eigenvalue weighted by molar-refractivity contribution is 5.97. The molecule has 0 fully saturated rings. The Bertz CT molecular complexity index is 2970. The van der Waals surface area contributed by atoms with E-state index in [1.807, 2.05) is 60.7 Å². The van der Waals surface area contributed by atoms with Crippen LogP contribution in [0.25, 0.3) is 67.3 Å². The Morgan fingerprint density at radius 2 is 0.931 bits per heavy atom. The maximum Gasteiger partial charge on any atom is 0.160 e. The summed E-state index contributed by atoms with van der Waals surface area (Å²) < 4.78 is 6.68. The summed E-state index contributed by atoms with van der Waals surface area (Å²) in [6, 6.07) is 72.0. The molecule has 0 unspecified atom stereocenters. The Morgan fingerprint density at radius 1 is 0.397 bits per heavy atom. The van der Waals surface area contributed by atoms with Gasteiger partial charge in [0.05, 0.1) is 28.4 Å². The van der Waals surface area contributed by atoms with Crippen molar-refractivity contribution in [1.82, 2.24) is 9.97 Å². The van der Waals surface area contributed by atoms with Gasteiger partial charge in [-0.2, -0.15) is 5.26 Å². The second-order valence-electron chi connectivity index (χ2n) is 14.8. The maximum absolute atomic E-state index is 9.33. The molecule has 0 amide bonds. The Kier molecular flexibility index (Phi) is 7.74. The van der Waals surface area contributed by atoms with Crippen LogP contribution in [0.15, 0.2) is 200 Å². The van der Waals surface area contributed by atoms with Crippen LogP contribution < -0.4 is 4.74 Å². The summed E-state index contributed by atoms with van der Waals surface area (Å²) in [6.07, 6.45) is 0. The third kappa shape index (κ3) is 5.22. The number of nitrogens with zero attached hydrogens (tertiary/aromatic N) is 3. The molecule has 58 heavy (non-hydrogen) atoms. The monoisotopic (exact) mass is 739 g/mol. The molecule has 1 spiro atoms. The first-order chi connectivity index (χ1) is 28.7. The molecular formula is C54H33N3O. The fraction of sp³-hybridized carbons (Fsp3) is 0.0185. The first kappa shape index (κ1) is 33.5. The van der Waals surface area contributed by atoms with Crippen LogP contribution in [0.4, 0.5) is 0 Å². The molecule has 4 nitrogen and oxygen atoms in total. The van der Waals surface area contributed by atoms with Gasteiger partial charge in [-0.25, -0.2) is 9.97 Å². The van der Waals surface area contributed by atoms with Gasteiger partial charge >= 0.3 is 0 Å². The van der Waals surface area contributed by atoms with Crippen LogP contribution in [0.3, 0.4) is 0 Å². The highest BCUT2D eigenvalue weighted by Gasteiger charge is 2.51. The largest absolute Gasteiger partial charge is 0.457 e. The van der Waals surface area contributed by atoms with E-state index in [2.05, 4.69) is 146 Å². The quantitative estimate of drug-likeness (QED) is 0.176. The minimum Gasteiger partial charge on any atom is -0.457 e. The zero-order valence-electron chi connectivity index (χ0n) is 31.3. The zero-order chi connectivity index (χ0) is 38.6. The number of rotatable bonds is 5. The van der Waals surface area contributed by atoms with Crippen molar-refractivity contribution in [3.05, 3.63) is 228 Å². The number of hydrogen-bond acceptors (Lipinski definition) is 4. The molecule has 0 saturated carbocycles. The molecule has 9 aromatic rings. The van der Waals surface area contributed by atoms with Crippen LogP contribution in [0, 0.1) is 11.3 Å². The molecule has 1 aliphatic carbocycles. The minimum atomic E-state index is -0.665. The van der Waals surface area contributed by atoms with Crippen molar-refractivity contribution in [2.75, 3.05) is 0 Å². The highest BCUT2D eigenvalue weighted by atomic mass is 16.5. The molecule has 4 heteroatoms. The van der Waals surface area contributed by atoms with Gasteiger partial charge in [-0.15, -0.1) is 0 Å². The maximum atomic E-state index is 9.33. The first-order valence-corrected chi connectivity index (χ1v) is 19.5. The first-order valence-electron chi connectivity index (χ1n) is 19.5. The average Bonchev–Trinajstić information content (AvgIpc) is 3.59. The second kappa shape index (κ2) is 13.4. The van der Waals surface area contributed by atoms with Gasteiger partial charge in [0.1, 0.15) is 11.5 Å². The van der Waals surface area contributed by atoms with E-state index < -0.39 is 5.41 Å². The number of nitriles is 1. The Labute approximate surface area is 337 Å². The molecule has 0 saturated heterocycles. The lowest BCUT2D eigenvalue weighted by molar-refractivity contribution is 0.436. The van der Waals surface area contributed by atoms with Crippen LogP contribution in [-0.4, -0.2) is 9.97 Å². The molecule has 0 atom stereocenters. The lowest BCUT2D eigenvalue weighted by atomic mass is 9.66. The summed E-state index contributed by atoms with van der Waals surface area (Å²) >= 11 is 0. The lowest BCUT2D eigenvalue weighted by Gasteiger charge is -2.39. The van der Waals surface area contributed by atoms with E-state index in [4.69, 9.17) is 14.7 Å². The van der Waals surface area contributed by atoms with E-state index in [1.165, 1.54) is 22.3 Å². The number of para-hydroxylation sites is 2. The fourth-order valence-corrected chi connectivity index (χ4v) is 8.99. The third-order valence-corrected chi connectivity index (χ3v) is 11.6. The van der Waals surface area contributed by atoms with Crippen LogP contribution in [0.5, 0.6) is 11.5 Å². The number of benzene rings is 8. The van der Waals surface area contributed by atoms with E-state index in [0.717, 1.165) is 73.0 Å². The van der Waals surface area contributed by atoms with E-state index in [9.17, 15) is 5.26 Å². The molecule has 1 aromatic heterocycles.